The lowest BCUT2D eigenvalue weighted by atomic mass is 10.0. The molecule has 0 saturated carbocycles. The van der Waals surface area contributed by atoms with Crippen molar-refractivity contribution >= 4 is 22.4 Å². The van der Waals surface area contributed by atoms with E-state index in [1.165, 1.54) is 6.07 Å². The smallest absolute Gasteiger partial charge is 0.293 e. The number of H-pyrrole nitrogens is 1. The predicted molar refractivity (Wildman–Crippen MR) is 73.4 cm³/mol. The minimum absolute atomic E-state index is 0.000379. The summed E-state index contributed by atoms with van der Waals surface area (Å²) in [5, 5.41) is 11.5. The van der Waals surface area contributed by atoms with E-state index in [1.54, 1.807) is 18.3 Å². The highest BCUT2D eigenvalue weighted by Gasteiger charge is 2.18. The number of aromatic amines is 1. The van der Waals surface area contributed by atoms with Crippen LogP contribution in [-0.2, 0) is 0 Å². The SMILES string of the molecule is CC(C)CCC(=O)c1c[nH]c2c([N+](=O)[O-])cccc12. The van der Waals surface area contributed by atoms with E-state index < -0.39 is 4.92 Å². The molecule has 0 unspecified atom stereocenters. The van der Waals surface area contributed by atoms with E-state index in [-0.39, 0.29) is 11.5 Å². The van der Waals surface area contributed by atoms with Crippen molar-refractivity contribution < 1.29 is 9.72 Å². The molecule has 1 aromatic carbocycles. The molecule has 1 heterocycles. The number of fused-ring (bicyclic) bond motifs is 1. The molecule has 0 bridgehead atoms. The fourth-order valence-corrected chi connectivity index (χ4v) is 2.08. The van der Waals surface area contributed by atoms with Crippen molar-refractivity contribution in [3.05, 3.63) is 40.1 Å². The Labute approximate surface area is 110 Å². The van der Waals surface area contributed by atoms with Gasteiger partial charge in [0, 0.05) is 29.6 Å². The summed E-state index contributed by atoms with van der Waals surface area (Å²) < 4.78 is 0. The minimum atomic E-state index is -0.443. The maximum Gasteiger partial charge on any atom is 0.293 e. The highest BCUT2D eigenvalue weighted by Crippen LogP contribution is 2.28. The Balaban J connectivity index is 2.38. The number of non-ortho nitro benzene ring substituents is 1. The quantitative estimate of drug-likeness (QED) is 0.506. The Hall–Kier alpha value is -2.17. The fourth-order valence-electron chi connectivity index (χ4n) is 2.08. The van der Waals surface area contributed by atoms with E-state index in [0.717, 1.165) is 6.42 Å². The van der Waals surface area contributed by atoms with E-state index in [9.17, 15) is 14.9 Å². The summed E-state index contributed by atoms with van der Waals surface area (Å²) in [6.07, 6.45) is 2.86. The molecule has 1 aromatic heterocycles. The van der Waals surface area contributed by atoms with Crippen LogP contribution in [0, 0.1) is 16.0 Å². The van der Waals surface area contributed by atoms with E-state index in [2.05, 4.69) is 18.8 Å². The molecular formula is C14H16N2O3. The number of ketones is 1. The third kappa shape index (κ3) is 2.65. The molecule has 0 atom stereocenters. The Bertz CT molecular complexity index is 629. The second kappa shape index (κ2) is 5.22. The van der Waals surface area contributed by atoms with Crippen LogP contribution in [0.1, 0.15) is 37.0 Å². The number of nitrogens with zero attached hydrogens (tertiary/aromatic N) is 1. The maximum absolute atomic E-state index is 12.1. The Morgan fingerprint density at radius 1 is 1.42 bits per heavy atom. The summed E-state index contributed by atoms with van der Waals surface area (Å²) in [5.74, 6) is 0.490. The fraction of sp³-hybridized carbons (Fsp3) is 0.357. The van der Waals surface area contributed by atoms with E-state index >= 15 is 0 Å². The van der Waals surface area contributed by atoms with Crippen LogP contribution in [0.25, 0.3) is 10.9 Å². The van der Waals surface area contributed by atoms with Gasteiger partial charge in [0.2, 0.25) is 0 Å². The topological polar surface area (TPSA) is 76.0 Å². The zero-order valence-electron chi connectivity index (χ0n) is 11.0. The molecule has 5 nitrogen and oxygen atoms in total. The van der Waals surface area contributed by atoms with Gasteiger partial charge in [-0.05, 0) is 12.3 Å². The number of carbonyl (C=O) groups excluding carboxylic acids is 1. The van der Waals surface area contributed by atoms with Gasteiger partial charge in [-0.1, -0.05) is 26.0 Å². The molecule has 5 heteroatoms. The van der Waals surface area contributed by atoms with E-state index in [1.807, 2.05) is 0 Å². The zero-order valence-corrected chi connectivity index (χ0v) is 11.0. The number of nitro groups is 1. The lowest BCUT2D eigenvalue weighted by Gasteiger charge is -2.02. The normalized spacial score (nSPS) is 11.1. The number of hydrogen-bond acceptors (Lipinski definition) is 3. The van der Waals surface area contributed by atoms with E-state index in [0.29, 0.717) is 28.8 Å². The van der Waals surface area contributed by atoms with Gasteiger partial charge >= 0.3 is 0 Å². The van der Waals surface area contributed by atoms with Crippen molar-refractivity contribution in [1.82, 2.24) is 4.98 Å². The number of aromatic nitrogens is 1. The van der Waals surface area contributed by atoms with Gasteiger partial charge in [-0.25, -0.2) is 0 Å². The van der Waals surface area contributed by atoms with Crippen molar-refractivity contribution in [1.29, 1.82) is 0 Å². The van der Waals surface area contributed by atoms with Crippen LogP contribution in [0.5, 0.6) is 0 Å². The van der Waals surface area contributed by atoms with Gasteiger partial charge in [0.15, 0.2) is 5.78 Å². The monoisotopic (exact) mass is 260 g/mol. The molecule has 2 aromatic rings. The molecule has 0 radical (unpaired) electrons. The number of Topliss-reactive ketones (excluding diaryl/α,β-unsaturated/α-hetero) is 1. The highest BCUT2D eigenvalue weighted by atomic mass is 16.6. The van der Waals surface area contributed by atoms with Gasteiger partial charge in [0.25, 0.3) is 5.69 Å². The molecule has 1 N–H and O–H groups in total. The molecule has 0 fully saturated rings. The summed E-state index contributed by atoms with van der Waals surface area (Å²) in [4.78, 5) is 25.4. The van der Waals surface area contributed by atoms with Crippen molar-refractivity contribution in [3.8, 4) is 0 Å². The van der Waals surface area contributed by atoms with Gasteiger partial charge in [0.05, 0.1) is 4.92 Å². The number of nitrogens with one attached hydrogen (secondary N) is 1. The van der Waals surface area contributed by atoms with Crippen molar-refractivity contribution in [2.45, 2.75) is 26.7 Å². The van der Waals surface area contributed by atoms with Gasteiger partial charge in [-0.2, -0.15) is 0 Å². The van der Waals surface area contributed by atoms with Crippen LogP contribution in [0.3, 0.4) is 0 Å². The first-order valence-electron chi connectivity index (χ1n) is 6.28. The summed E-state index contributed by atoms with van der Waals surface area (Å²) >= 11 is 0. The minimum Gasteiger partial charge on any atom is -0.355 e. The lowest BCUT2D eigenvalue weighted by molar-refractivity contribution is -0.383. The number of para-hydroxylation sites is 1. The Morgan fingerprint density at radius 2 is 2.16 bits per heavy atom. The molecule has 0 saturated heterocycles. The molecule has 0 aliphatic carbocycles. The van der Waals surface area contributed by atoms with Crippen molar-refractivity contribution in [2.24, 2.45) is 5.92 Å². The predicted octanol–water partition coefficient (Wildman–Crippen LogP) is 3.70. The first kappa shape index (κ1) is 13.3. The van der Waals surface area contributed by atoms with Crippen LogP contribution < -0.4 is 0 Å². The van der Waals surface area contributed by atoms with Crippen LogP contribution >= 0.6 is 0 Å². The molecule has 0 amide bonds. The largest absolute Gasteiger partial charge is 0.355 e. The first-order valence-corrected chi connectivity index (χ1v) is 6.28. The van der Waals surface area contributed by atoms with Gasteiger partial charge in [-0.3, -0.25) is 14.9 Å². The number of rotatable bonds is 5. The van der Waals surface area contributed by atoms with Gasteiger partial charge < -0.3 is 4.98 Å². The second-order valence-electron chi connectivity index (χ2n) is 5.01. The summed E-state index contributed by atoms with van der Waals surface area (Å²) in [5.41, 5.74) is 0.958. The molecule has 0 spiro atoms. The summed E-state index contributed by atoms with van der Waals surface area (Å²) in [6.45, 7) is 4.13. The first-order chi connectivity index (χ1) is 9.00. The zero-order chi connectivity index (χ0) is 14.0. The standard InChI is InChI=1S/C14H16N2O3/c1-9(2)6-7-13(17)11-8-15-14-10(11)4-3-5-12(14)16(18)19/h3-5,8-9,15H,6-7H2,1-2H3. The van der Waals surface area contributed by atoms with Gasteiger partial charge in [0.1, 0.15) is 5.52 Å². The van der Waals surface area contributed by atoms with Crippen molar-refractivity contribution in [3.63, 3.8) is 0 Å². The van der Waals surface area contributed by atoms with E-state index in [4.69, 9.17) is 0 Å². The average Bonchev–Trinajstić information content (AvgIpc) is 2.79. The Kier molecular flexibility index (Phi) is 3.64. The van der Waals surface area contributed by atoms with Gasteiger partial charge in [-0.15, -0.1) is 0 Å². The third-order valence-corrected chi connectivity index (χ3v) is 3.14. The third-order valence-electron chi connectivity index (χ3n) is 3.14. The number of benzene rings is 1. The lowest BCUT2D eigenvalue weighted by Crippen LogP contribution is -2.00. The molecule has 0 aliphatic rings. The number of nitro benzene ring substituents is 1. The summed E-state index contributed by atoms with van der Waals surface area (Å²) in [6, 6.07) is 4.77. The summed E-state index contributed by atoms with van der Waals surface area (Å²) in [7, 11) is 0. The van der Waals surface area contributed by atoms with Crippen LogP contribution in [-0.4, -0.2) is 15.7 Å². The molecule has 19 heavy (non-hydrogen) atoms. The second-order valence-corrected chi connectivity index (χ2v) is 5.01. The molecule has 100 valence electrons. The molecule has 0 aliphatic heterocycles. The highest BCUT2D eigenvalue weighted by molar-refractivity contribution is 6.09. The maximum atomic E-state index is 12.1. The van der Waals surface area contributed by atoms with Crippen LogP contribution in [0.4, 0.5) is 5.69 Å². The number of hydrogen-bond donors (Lipinski definition) is 1. The molecule has 2 rings (SSSR count). The molecular weight excluding hydrogens is 244 g/mol. The number of carbonyl (C=O) groups is 1. The van der Waals surface area contributed by atoms with Crippen LogP contribution in [0.2, 0.25) is 0 Å². The van der Waals surface area contributed by atoms with Crippen molar-refractivity contribution in [2.75, 3.05) is 0 Å². The Morgan fingerprint density at radius 3 is 2.79 bits per heavy atom. The average molecular weight is 260 g/mol. The van der Waals surface area contributed by atoms with Crippen LogP contribution in [0.15, 0.2) is 24.4 Å².